The van der Waals surface area contributed by atoms with Crippen LogP contribution < -0.4 is 5.32 Å². The molecule has 26 heavy (non-hydrogen) atoms. The van der Waals surface area contributed by atoms with E-state index in [0.29, 0.717) is 5.92 Å². The molecule has 2 N–H and O–H groups in total. The van der Waals surface area contributed by atoms with Gasteiger partial charge in [0.05, 0.1) is 11.4 Å². The molecular formula is C18H23N7S. The van der Waals surface area contributed by atoms with Crippen molar-refractivity contribution in [2.45, 2.75) is 39.7 Å². The lowest BCUT2D eigenvalue weighted by molar-refractivity contribution is 0.322. The Balaban J connectivity index is 1.47. The molecule has 4 rings (SSSR count). The topological polar surface area (TPSA) is 82.6 Å². The van der Waals surface area contributed by atoms with Crippen molar-refractivity contribution in [2.75, 3.05) is 18.4 Å². The number of aromatic amines is 1. The highest BCUT2D eigenvalue weighted by Crippen LogP contribution is 2.29. The molecule has 3 aromatic rings. The van der Waals surface area contributed by atoms with Crippen molar-refractivity contribution in [2.24, 2.45) is 0 Å². The lowest BCUT2D eigenvalue weighted by Crippen LogP contribution is -2.20. The van der Waals surface area contributed by atoms with Crippen LogP contribution in [-0.2, 0) is 6.54 Å². The maximum absolute atomic E-state index is 4.70. The standard InChI is InChI=1S/C18H23N7S/c1-11-12(2)26-18(20-11)23-17-8-16(21-13(3)22-17)14-5-7-25(9-14)10-15-4-6-19-24-15/h4,6,8,14H,5,7,9-10H2,1-3H3,(H,19,24)(H,20,21,22,23)/t14-/m0/s1. The molecule has 0 spiro atoms. The van der Waals surface area contributed by atoms with Gasteiger partial charge in [0, 0.05) is 41.8 Å². The van der Waals surface area contributed by atoms with Crippen LogP contribution >= 0.6 is 11.3 Å². The first-order valence-corrected chi connectivity index (χ1v) is 9.65. The third kappa shape index (κ3) is 3.76. The number of thiazole rings is 1. The van der Waals surface area contributed by atoms with Gasteiger partial charge in [-0.1, -0.05) is 0 Å². The molecule has 1 aliphatic rings. The summed E-state index contributed by atoms with van der Waals surface area (Å²) in [6.45, 7) is 9.04. The predicted molar refractivity (Wildman–Crippen MR) is 103 cm³/mol. The Morgan fingerprint density at radius 3 is 2.88 bits per heavy atom. The second-order valence-corrected chi connectivity index (χ2v) is 8.02. The number of aryl methyl sites for hydroxylation is 3. The summed E-state index contributed by atoms with van der Waals surface area (Å²) >= 11 is 1.66. The van der Waals surface area contributed by atoms with Crippen molar-refractivity contribution in [1.82, 2.24) is 30.0 Å². The molecule has 0 radical (unpaired) electrons. The normalized spacial score (nSPS) is 17.7. The lowest BCUT2D eigenvalue weighted by atomic mass is 10.0. The zero-order chi connectivity index (χ0) is 18.1. The zero-order valence-corrected chi connectivity index (χ0v) is 16.1. The molecule has 4 heterocycles. The van der Waals surface area contributed by atoms with Gasteiger partial charge in [-0.25, -0.2) is 15.0 Å². The van der Waals surface area contributed by atoms with Gasteiger partial charge >= 0.3 is 0 Å². The number of nitrogens with zero attached hydrogens (tertiary/aromatic N) is 5. The summed E-state index contributed by atoms with van der Waals surface area (Å²) in [6.07, 6.45) is 2.91. The monoisotopic (exact) mass is 369 g/mol. The minimum absolute atomic E-state index is 0.430. The maximum atomic E-state index is 4.70. The molecule has 0 unspecified atom stereocenters. The first-order valence-electron chi connectivity index (χ1n) is 8.84. The van der Waals surface area contributed by atoms with E-state index in [1.165, 1.54) is 4.88 Å². The Kier molecular flexibility index (Phi) is 4.69. The highest BCUT2D eigenvalue weighted by Gasteiger charge is 2.26. The second kappa shape index (κ2) is 7.13. The zero-order valence-electron chi connectivity index (χ0n) is 15.3. The Morgan fingerprint density at radius 1 is 1.27 bits per heavy atom. The number of nitrogens with one attached hydrogen (secondary N) is 2. The van der Waals surface area contributed by atoms with E-state index in [-0.39, 0.29) is 0 Å². The number of anilines is 2. The highest BCUT2D eigenvalue weighted by molar-refractivity contribution is 7.15. The summed E-state index contributed by atoms with van der Waals surface area (Å²) in [5, 5.41) is 11.3. The smallest absolute Gasteiger partial charge is 0.188 e. The van der Waals surface area contributed by atoms with Crippen molar-refractivity contribution < 1.29 is 0 Å². The fourth-order valence-electron chi connectivity index (χ4n) is 3.33. The van der Waals surface area contributed by atoms with E-state index < -0.39 is 0 Å². The van der Waals surface area contributed by atoms with Crippen LogP contribution in [0.1, 0.15) is 40.1 Å². The fraction of sp³-hybridized carbons (Fsp3) is 0.444. The predicted octanol–water partition coefficient (Wildman–Crippen LogP) is 3.31. The van der Waals surface area contributed by atoms with Crippen molar-refractivity contribution in [1.29, 1.82) is 0 Å². The van der Waals surface area contributed by atoms with Gasteiger partial charge in [0.25, 0.3) is 0 Å². The van der Waals surface area contributed by atoms with Crippen LogP contribution in [0, 0.1) is 20.8 Å². The van der Waals surface area contributed by atoms with Gasteiger partial charge < -0.3 is 5.32 Å². The number of hydrogen-bond donors (Lipinski definition) is 2. The molecule has 8 heteroatoms. The van der Waals surface area contributed by atoms with Crippen LogP contribution in [0.15, 0.2) is 18.3 Å². The van der Waals surface area contributed by atoms with Crippen molar-refractivity contribution in [3.63, 3.8) is 0 Å². The summed E-state index contributed by atoms with van der Waals surface area (Å²) in [5.74, 6) is 2.05. The Hall–Kier alpha value is -2.32. The number of aromatic nitrogens is 5. The minimum atomic E-state index is 0.430. The van der Waals surface area contributed by atoms with E-state index in [9.17, 15) is 0 Å². The van der Waals surface area contributed by atoms with E-state index in [0.717, 1.165) is 59.9 Å². The lowest BCUT2D eigenvalue weighted by Gasteiger charge is -2.15. The largest absolute Gasteiger partial charge is 0.316 e. The quantitative estimate of drug-likeness (QED) is 0.718. The summed E-state index contributed by atoms with van der Waals surface area (Å²) in [4.78, 5) is 17.4. The van der Waals surface area contributed by atoms with Gasteiger partial charge in [0.1, 0.15) is 11.6 Å². The van der Waals surface area contributed by atoms with E-state index >= 15 is 0 Å². The Morgan fingerprint density at radius 2 is 2.15 bits per heavy atom. The third-order valence-electron chi connectivity index (χ3n) is 4.76. The summed E-state index contributed by atoms with van der Waals surface area (Å²) in [6, 6.07) is 4.10. The molecule has 0 amide bonds. The summed E-state index contributed by atoms with van der Waals surface area (Å²) < 4.78 is 0. The van der Waals surface area contributed by atoms with E-state index in [2.05, 4.69) is 43.4 Å². The van der Waals surface area contributed by atoms with Gasteiger partial charge in [0.2, 0.25) is 0 Å². The molecule has 1 fully saturated rings. The molecule has 7 nitrogen and oxygen atoms in total. The van der Waals surface area contributed by atoms with Gasteiger partial charge in [-0.2, -0.15) is 5.10 Å². The van der Waals surface area contributed by atoms with Crippen LogP contribution in [0.3, 0.4) is 0 Å². The van der Waals surface area contributed by atoms with Crippen molar-refractivity contribution >= 4 is 22.3 Å². The molecule has 0 saturated carbocycles. The number of rotatable bonds is 5. The molecule has 0 aromatic carbocycles. The minimum Gasteiger partial charge on any atom is -0.316 e. The van der Waals surface area contributed by atoms with Crippen LogP contribution in [0.4, 0.5) is 10.9 Å². The SMILES string of the molecule is Cc1nc(Nc2nc(C)c(C)s2)cc([C@H]2CCN(Cc3ccn[nH]3)C2)n1. The van der Waals surface area contributed by atoms with Gasteiger partial charge in [-0.15, -0.1) is 11.3 Å². The fourth-order valence-corrected chi connectivity index (χ4v) is 4.15. The van der Waals surface area contributed by atoms with Crippen molar-refractivity contribution in [3.05, 3.63) is 46.1 Å². The van der Waals surface area contributed by atoms with Crippen LogP contribution in [0.2, 0.25) is 0 Å². The first kappa shape index (κ1) is 17.1. The Labute approximate surface area is 156 Å². The van der Waals surface area contributed by atoms with E-state index in [1.807, 2.05) is 19.9 Å². The first-order chi connectivity index (χ1) is 12.6. The highest BCUT2D eigenvalue weighted by atomic mass is 32.1. The molecule has 136 valence electrons. The molecule has 1 aliphatic heterocycles. The Bertz CT molecular complexity index is 868. The summed E-state index contributed by atoms with van der Waals surface area (Å²) in [7, 11) is 0. The molecule has 0 bridgehead atoms. The average Bonchev–Trinajstić information content (AvgIpc) is 3.31. The van der Waals surface area contributed by atoms with Gasteiger partial charge in [-0.05, 0) is 39.8 Å². The average molecular weight is 369 g/mol. The molecule has 3 aromatic heterocycles. The number of hydrogen-bond acceptors (Lipinski definition) is 7. The number of likely N-dealkylation sites (tertiary alicyclic amines) is 1. The van der Waals surface area contributed by atoms with Crippen molar-refractivity contribution in [3.8, 4) is 0 Å². The molecule has 1 atom stereocenters. The molecule has 1 saturated heterocycles. The second-order valence-electron chi connectivity index (χ2n) is 6.81. The van der Waals surface area contributed by atoms with Crippen LogP contribution in [-0.4, -0.2) is 43.1 Å². The maximum Gasteiger partial charge on any atom is 0.188 e. The van der Waals surface area contributed by atoms with Gasteiger partial charge in [-0.3, -0.25) is 10.00 Å². The number of H-pyrrole nitrogens is 1. The van der Waals surface area contributed by atoms with E-state index in [1.54, 1.807) is 17.5 Å². The van der Waals surface area contributed by atoms with E-state index in [4.69, 9.17) is 4.98 Å². The van der Waals surface area contributed by atoms with Crippen LogP contribution in [0.25, 0.3) is 0 Å². The third-order valence-corrected chi connectivity index (χ3v) is 5.75. The van der Waals surface area contributed by atoms with Crippen LogP contribution in [0.5, 0.6) is 0 Å². The summed E-state index contributed by atoms with van der Waals surface area (Å²) in [5.41, 5.74) is 3.33. The molecular weight excluding hydrogens is 346 g/mol. The molecule has 0 aliphatic carbocycles. The van der Waals surface area contributed by atoms with Gasteiger partial charge in [0.15, 0.2) is 5.13 Å².